The van der Waals surface area contributed by atoms with Crippen LogP contribution in [0.2, 0.25) is 0 Å². The third-order valence-corrected chi connectivity index (χ3v) is 2.75. The molecule has 1 aliphatic carbocycles. The Morgan fingerprint density at radius 3 is 2.69 bits per heavy atom. The van der Waals surface area contributed by atoms with Crippen molar-refractivity contribution in [1.29, 1.82) is 0 Å². The van der Waals surface area contributed by atoms with Crippen molar-refractivity contribution in [2.75, 3.05) is 0 Å². The Morgan fingerprint density at radius 2 is 2.15 bits per heavy atom. The fourth-order valence-electron chi connectivity index (χ4n) is 1.46. The van der Waals surface area contributed by atoms with Gasteiger partial charge in [-0.25, -0.2) is 4.79 Å². The van der Waals surface area contributed by atoms with Crippen LogP contribution in [0.25, 0.3) is 0 Å². The number of aromatic carboxylic acids is 1. The van der Waals surface area contributed by atoms with Gasteiger partial charge in [0, 0.05) is 4.47 Å². The van der Waals surface area contributed by atoms with Gasteiger partial charge in [-0.2, -0.15) is 0 Å². The monoisotopic (exact) mass is 240 g/mol. The third-order valence-electron chi connectivity index (χ3n) is 2.26. The van der Waals surface area contributed by atoms with Crippen molar-refractivity contribution in [3.8, 4) is 0 Å². The number of carbonyl (C=O) groups is 1. The Morgan fingerprint density at radius 1 is 1.46 bits per heavy atom. The topological polar surface area (TPSA) is 37.3 Å². The average molecular weight is 241 g/mol. The van der Waals surface area contributed by atoms with Crippen molar-refractivity contribution in [2.24, 2.45) is 0 Å². The van der Waals surface area contributed by atoms with Crippen molar-refractivity contribution in [2.45, 2.75) is 18.8 Å². The largest absolute Gasteiger partial charge is 0.478 e. The van der Waals surface area contributed by atoms with Crippen molar-refractivity contribution in [3.63, 3.8) is 0 Å². The standard InChI is InChI=1S/C10H9BrO2/c11-7-3-4-8(10(12)13)9(5-7)6-1-2-6/h3-6H,1-2H2,(H,12,13). The molecule has 2 nitrogen and oxygen atoms in total. The van der Waals surface area contributed by atoms with Gasteiger partial charge in [0.2, 0.25) is 0 Å². The van der Waals surface area contributed by atoms with Crippen LogP contribution < -0.4 is 0 Å². The number of halogens is 1. The highest BCUT2D eigenvalue weighted by Crippen LogP contribution is 2.42. The van der Waals surface area contributed by atoms with Crippen LogP contribution in [0.3, 0.4) is 0 Å². The molecule has 1 aromatic carbocycles. The first-order chi connectivity index (χ1) is 6.18. The Kier molecular flexibility index (Phi) is 2.12. The normalized spacial score (nSPS) is 15.8. The van der Waals surface area contributed by atoms with E-state index < -0.39 is 5.97 Å². The van der Waals surface area contributed by atoms with E-state index in [4.69, 9.17) is 5.11 Å². The van der Waals surface area contributed by atoms with Crippen molar-refractivity contribution in [3.05, 3.63) is 33.8 Å². The second-order valence-corrected chi connectivity index (χ2v) is 4.23. The average Bonchev–Trinajstić information content (AvgIpc) is 2.85. The van der Waals surface area contributed by atoms with Gasteiger partial charge in [0.25, 0.3) is 0 Å². The molecule has 0 amide bonds. The fraction of sp³-hybridized carbons (Fsp3) is 0.300. The first-order valence-corrected chi connectivity index (χ1v) is 5.00. The van der Waals surface area contributed by atoms with Crippen LogP contribution in [-0.2, 0) is 0 Å². The van der Waals surface area contributed by atoms with Crippen LogP contribution in [-0.4, -0.2) is 11.1 Å². The molecule has 68 valence electrons. The molecule has 1 fully saturated rings. The van der Waals surface area contributed by atoms with Gasteiger partial charge >= 0.3 is 5.97 Å². The minimum atomic E-state index is -0.825. The molecule has 0 aliphatic heterocycles. The summed E-state index contributed by atoms with van der Waals surface area (Å²) in [6.45, 7) is 0. The van der Waals surface area contributed by atoms with Crippen molar-refractivity contribution >= 4 is 21.9 Å². The summed E-state index contributed by atoms with van der Waals surface area (Å²) in [6.07, 6.45) is 2.24. The lowest BCUT2D eigenvalue weighted by atomic mass is 10.0. The highest BCUT2D eigenvalue weighted by molar-refractivity contribution is 9.10. The third kappa shape index (κ3) is 1.75. The summed E-state index contributed by atoms with van der Waals surface area (Å²) in [5.41, 5.74) is 1.42. The zero-order valence-corrected chi connectivity index (χ0v) is 8.54. The number of benzene rings is 1. The van der Waals surface area contributed by atoms with E-state index in [1.165, 1.54) is 0 Å². The van der Waals surface area contributed by atoms with Gasteiger partial charge in [0.15, 0.2) is 0 Å². The van der Waals surface area contributed by atoms with Gasteiger partial charge in [0.05, 0.1) is 5.56 Å². The van der Waals surface area contributed by atoms with Crippen LogP contribution >= 0.6 is 15.9 Å². The van der Waals surface area contributed by atoms with Gasteiger partial charge in [-0.3, -0.25) is 0 Å². The lowest BCUT2D eigenvalue weighted by Gasteiger charge is -2.04. The molecule has 13 heavy (non-hydrogen) atoms. The predicted octanol–water partition coefficient (Wildman–Crippen LogP) is 3.02. The maximum Gasteiger partial charge on any atom is 0.335 e. The Labute approximate surface area is 84.7 Å². The highest BCUT2D eigenvalue weighted by Gasteiger charge is 2.27. The predicted molar refractivity (Wildman–Crippen MR) is 53.1 cm³/mol. The van der Waals surface area contributed by atoms with Gasteiger partial charge in [-0.1, -0.05) is 15.9 Å². The molecule has 0 spiro atoms. The Hall–Kier alpha value is -0.830. The smallest absolute Gasteiger partial charge is 0.335 e. The quantitative estimate of drug-likeness (QED) is 0.863. The minimum Gasteiger partial charge on any atom is -0.478 e. The molecule has 0 unspecified atom stereocenters. The summed E-state index contributed by atoms with van der Waals surface area (Å²) in [6, 6.07) is 5.36. The Balaban J connectivity index is 2.47. The van der Waals surface area contributed by atoms with Crippen LogP contribution in [0.15, 0.2) is 22.7 Å². The number of hydrogen-bond donors (Lipinski definition) is 1. The van der Waals surface area contributed by atoms with E-state index in [1.807, 2.05) is 6.07 Å². The summed E-state index contributed by atoms with van der Waals surface area (Å²) >= 11 is 3.35. The van der Waals surface area contributed by atoms with E-state index in [0.29, 0.717) is 11.5 Å². The van der Waals surface area contributed by atoms with E-state index in [1.54, 1.807) is 12.1 Å². The molecule has 2 rings (SSSR count). The molecular formula is C10H9BrO2. The molecule has 1 aliphatic rings. The number of carboxylic acid groups (broad SMARTS) is 1. The zero-order valence-electron chi connectivity index (χ0n) is 6.96. The molecular weight excluding hydrogens is 232 g/mol. The van der Waals surface area contributed by atoms with Crippen LogP contribution in [0.1, 0.15) is 34.7 Å². The van der Waals surface area contributed by atoms with Crippen LogP contribution in [0, 0.1) is 0 Å². The lowest BCUT2D eigenvalue weighted by molar-refractivity contribution is 0.0695. The van der Waals surface area contributed by atoms with E-state index in [0.717, 1.165) is 22.9 Å². The summed E-state index contributed by atoms with van der Waals surface area (Å²) < 4.78 is 0.958. The molecule has 0 radical (unpaired) electrons. The molecule has 0 atom stereocenters. The van der Waals surface area contributed by atoms with Gasteiger partial charge in [-0.15, -0.1) is 0 Å². The number of carboxylic acids is 1. The minimum absolute atomic E-state index is 0.450. The van der Waals surface area contributed by atoms with E-state index >= 15 is 0 Å². The maximum absolute atomic E-state index is 10.8. The SMILES string of the molecule is O=C(O)c1ccc(Br)cc1C1CC1. The summed E-state index contributed by atoms with van der Waals surface area (Å²) in [7, 11) is 0. The second-order valence-electron chi connectivity index (χ2n) is 3.31. The number of hydrogen-bond acceptors (Lipinski definition) is 1. The first kappa shape index (κ1) is 8.75. The number of rotatable bonds is 2. The Bertz CT molecular complexity index is 356. The van der Waals surface area contributed by atoms with Gasteiger partial charge in [-0.05, 0) is 42.5 Å². The fourth-order valence-corrected chi connectivity index (χ4v) is 1.84. The van der Waals surface area contributed by atoms with E-state index in [-0.39, 0.29) is 0 Å². The van der Waals surface area contributed by atoms with Crippen molar-refractivity contribution in [1.82, 2.24) is 0 Å². The molecule has 0 saturated heterocycles. The van der Waals surface area contributed by atoms with Crippen molar-refractivity contribution < 1.29 is 9.90 Å². The van der Waals surface area contributed by atoms with E-state index in [2.05, 4.69) is 15.9 Å². The van der Waals surface area contributed by atoms with Gasteiger partial charge in [0.1, 0.15) is 0 Å². The van der Waals surface area contributed by atoms with Gasteiger partial charge < -0.3 is 5.11 Å². The molecule has 0 heterocycles. The van der Waals surface area contributed by atoms with E-state index in [9.17, 15) is 4.79 Å². The zero-order chi connectivity index (χ0) is 9.42. The molecule has 1 saturated carbocycles. The lowest BCUT2D eigenvalue weighted by Crippen LogP contribution is -2.01. The molecule has 0 aromatic heterocycles. The first-order valence-electron chi connectivity index (χ1n) is 4.21. The summed E-state index contributed by atoms with van der Waals surface area (Å²) in [5, 5.41) is 8.92. The molecule has 1 aromatic rings. The highest BCUT2D eigenvalue weighted by atomic mass is 79.9. The molecule has 0 bridgehead atoms. The second kappa shape index (κ2) is 3.14. The maximum atomic E-state index is 10.8. The molecule has 1 N–H and O–H groups in total. The summed E-state index contributed by atoms with van der Waals surface area (Å²) in [5.74, 6) is -0.349. The summed E-state index contributed by atoms with van der Waals surface area (Å²) in [4.78, 5) is 10.8. The molecule has 3 heteroatoms. The van der Waals surface area contributed by atoms with Crippen LogP contribution in [0.4, 0.5) is 0 Å². The van der Waals surface area contributed by atoms with Crippen LogP contribution in [0.5, 0.6) is 0 Å².